The van der Waals surface area contributed by atoms with E-state index in [2.05, 4.69) is 14.1 Å². The molecule has 2 aliphatic heterocycles. The third-order valence-corrected chi connectivity index (χ3v) is 5.86. The summed E-state index contributed by atoms with van der Waals surface area (Å²) in [5, 5.41) is 21.4. The van der Waals surface area contributed by atoms with Crippen molar-refractivity contribution in [1.29, 1.82) is 0 Å². The maximum absolute atomic E-state index is 14.9. The van der Waals surface area contributed by atoms with Crippen LogP contribution in [0.2, 0.25) is 0 Å². The van der Waals surface area contributed by atoms with Gasteiger partial charge in [-0.1, -0.05) is 6.08 Å². The van der Waals surface area contributed by atoms with Crippen LogP contribution in [-0.4, -0.2) is 80.9 Å². The lowest BCUT2D eigenvalue weighted by molar-refractivity contribution is -0.141. The predicted molar refractivity (Wildman–Crippen MR) is 115 cm³/mol. The van der Waals surface area contributed by atoms with Gasteiger partial charge in [0.25, 0.3) is 5.91 Å². The first-order chi connectivity index (χ1) is 15.9. The number of carbonyl (C=O) groups excluding carboxylic acids is 2. The molecule has 3 heterocycles. The van der Waals surface area contributed by atoms with Gasteiger partial charge in [0, 0.05) is 18.7 Å². The van der Waals surface area contributed by atoms with E-state index in [9.17, 15) is 23.5 Å². The van der Waals surface area contributed by atoms with E-state index in [0.29, 0.717) is 11.4 Å². The van der Waals surface area contributed by atoms with Crippen molar-refractivity contribution in [2.45, 2.75) is 18.6 Å². The number of aliphatic hydroxyl groups is 2. The van der Waals surface area contributed by atoms with Crippen molar-refractivity contribution < 1.29 is 33.3 Å². The van der Waals surface area contributed by atoms with Crippen molar-refractivity contribution in [3.8, 4) is 0 Å². The Balaban J connectivity index is 1.45. The summed E-state index contributed by atoms with van der Waals surface area (Å²) in [6.07, 6.45) is 0.438. The molecule has 2 aromatic rings. The SMILES string of the molecule is O=C([C@@H](O)CO)N1CC=C(c2c(F)cc(N3C[C@H](CNc4cnsn4)OC3=O)cc2F)CC1. The van der Waals surface area contributed by atoms with E-state index in [1.165, 1.54) is 17.2 Å². The number of nitrogens with one attached hydrogen (secondary N) is 1. The molecule has 0 bridgehead atoms. The van der Waals surface area contributed by atoms with Crippen molar-refractivity contribution >= 4 is 40.8 Å². The normalized spacial score (nSPS) is 19.3. The molecule has 1 saturated heterocycles. The molecular formula is C20H21F2N5O5S. The molecule has 2 amide bonds. The Bertz CT molecular complexity index is 1040. The van der Waals surface area contributed by atoms with E-state index < -0.39 is 42.4 Å². The van der Waals surface area contributed by atoms with E-state index >= 15 is 0 Å². The van der Waals surface area contributed by atoms with Gasteiger partial charge in [0.15, 0.2) is 11.9 Å². The van der Waals surface area contributed by atoms with Gasteiger partial charge in [0.1, 0.15) is 17.7 Å². The Kier molecular flexibility index (Phi) is 6.81. The first-order valence-electron chi connectivity index (χ1n) is 10.1. The fourth-order valence-corrected chi connectivity index (χ4v) is 4.10. The summed E-state index contributed by atoms with van der Waals surface area (Å²) in [7, 11) is 0. The fourth-order valence-electron chi connectivity index (χ4n) is 3.71. The van der Waals surface area contributed by atoms with Crippen molar-refractivity contribution in [1.82, 2.24) is 13.6 Å². The molecule has 0 spiro atoms. The lowest BCUT2D eigenvalue weighted by Gasteiger charge is -2.28. The lowest BCUT2D eigenvalue weighted by atomic mass is 9.97. The predicted octanol–water partition coefficient (Wildman–Crippen LogP) is 1.22. The Morgan fingerprint density at radius 3 is 2.73 bits per heavy atom. The zero-order valence-electron chi connectivity index (χ0n) is 17.3. The third-order valence-electron chi connectivity index (χ3n) is 5.38. The van der Waals surface area contributed by atoms with Gasteiger partial charge in [-0.2, -0.15) is 8.75 Å². The van der Waals surface area contributed by atoms with Crippen LogP contribution in [0.5, 0.6) is 0 Å². The molecule has 2 atom stereocenters. The van der Waals surface area contributed by atoms with Crippen LogP contribution in [0.1, 0.15) is 12.0 Å². The molecular weight excluding hydrogens is 460 g/mol. The van der Waals surface area contributed by atoms with E-state index in [1.807, 2.05) is 0 Å². The van der Waals surface area contributed by atoms with Gasteiger partial charge >= 0.3 is 6.09 Å². The maximum atomic E-state index is 14.9. The number of hydrogen-bond donors (Lipinski definition) is 3. The van der Waals surface area contributed by atoms with Crippen LogP contribution < -0.4 is 10.2 Å². The summed E-state index contributed by atoms with van der Waals surface area (Å²) in [4.78, 5) is 26.7. The summed E-state index contributed by atoms with van der Waals surface area (Å²) < 4.78 is 42.9. The molecule has 0 saturated carbocycles. The average Bonchev–Trinajstić information content (AvgIpc) is 3.46. The van der Waals surface area contributed by atoms with Gasteiger partial charge in [-0.25, -0.2) is 13.6 Å². The van der Waals surface area contributed by atoms with Crippen LogP contribution in [0.4, 0.5) is 25.1 Å². The summed E-state index contributed by atoms with van der Waals surface area (Å²) in [6.45, 7) is -0.135. The number of anilines is 2. The van der Waals surface area contributed by atoms with Crippen molar-refractivity contribution in [3.63, 3.8) is 0 Å². The molecule has 33 heavy (non-hydrogen) atoms. The Morgan fingerprint density at radius 2 is 2.12 bits per heavy atom. The van der Waals surface area contributed by atoms with Crippen LogP contribution in [-0.2, 0) is 9.53 Å². The lowest BCUT2D eigenvalue weighted by Crippen LogP contribution is -2.42. The number of benzene rings is 1. The van der Waals surface area contributed by atoms with Crippen LogP contribution in [0.3, 0.4) is 0 Å². The van der Waals surface area contributed by atoms with Gasteiger partial charge in [-0.15, -0.1) is 0 Å². The van der Waals surface area contributed by atoms with Crippen LogP contribution >= 0.6 is 11.7 Å². The van der Waals surface area contributed by atoms with Crippen molar-refractivity contribution in [2.75, 3.05) is 43.0 Å². The van der Waals surface area contributed by atoms with E-state index in [1.54, 1.807) is 0 Å². The van der Waals surface area contributed by atoms with E-state index in [4.69, 9.17) is 9.84 Å². The van der Waals surface area contributed by atoms with E-state index in [0.717, 1.165) is 28.8 Å². The number of hydrogen-bond acceptors (Lipinski definition) is 9. The van der Waals surface area contributed by atoms with Gasteiger partial charge in [0.2, 0.25) is 0 Å². The second kappa shape index (κ2) is 9.77. The van der Waals surface area contributed by atoms with Gasteiger partial charge in [0.05, 0.1) is 43.3 Å². The van der Waals surface area contributed by atoms with Crippen molar-refractivity contribution in [3.05, 3.63) is 41.6 Å². The number of amides is 2. The summed E-state index contributed by atoms with van der Waals surface area (Å²) in [6, 6.07) is 2.15. The minimum Gasteiger partial charge on any atom is -0.442 e. The Morgan fingerprint density at radius 1 is 1.36 bits per heavy atom. The first kappa shape index (κ1) is 23.0. The first-order valence-corrected chi connectivity index (χ1v) is 10.9. The van der Waals surface area contributed by atoms with Crippen LogP contribution in [0.25, 0.3) is 5.57 Å². The Hall–Kier alpha value is -3.16. The minimum atomic E-state index is -1.52. The number of aromatic nitrogens is 2. The topological polar surface area (TPSA) is 128 Å². The van der Waals surface area contributed by atoms with E-state index in [-0.39, 0.29) is 43.9 Å². The highest BCUT2D eigenvalue weighted by atomic mass is 32.1. The quantitative estimate of drug-likeness (QED) is 0.539. The number of aliphatic hydroxyl groups excluding tert-OH is 2. The minimum absolute atomic E-state index is 0.0378. The molecule has 1 aromatic carbocycles. The number of carbonyl (C=O) groups is 2. The zero-order valence-corrected chi connectivity index (χ0v) is 18.1. The molecule has 1 aromatic heterocycles. The average molecular weight is 481 g/mol. The second-order valence-electron chi connectivity index (χ2n) is 7.54. The molecule has 10 nitrogen and oxygen atoms in total. The summed E-state index contributed by atoms with van der Waals surface area (Å²) >= 11 is 1.03. The zero-order chi connectivity index (χ0) is 23.5. The number of ether oxygens (including phenoxy) is 1. The molecule has 3 N–H and O–H groups in total. The summed E-state index contributed by atoms with van der Waals surface area (Å²) in [5.41, 5.74) is 0.188. The molecule has 2 aliphatic rings. The largest absolute Gasteiger partial charge is 0.442 e. The smallest absolute Gasteiger partial charge is 0.414 e. The molecule has 0 radical (unpaired) electrons. The molecule has 4 rings (SSSR count). The van der Waals surface area contributed by atoms with Crippen LogP contribution in [0, 0.1) is 11.6 Å². The highest BCUT2D eigenvalue weighted by Gasteiger charge is 2.34. The molecule has 0 unspecified atom stereocenters. The molecule has 1 fully saturated rings. The van der Waals surface area contributed by atoms with Gasteiger partial charge in [-0.3, -0.25) is 9.69 Å². The molecule has 176 valence electrons. The third kappa shape index (κ3) is 4.94. The highest BCUT2D eigenvalue weighted by Crippen LogP contribution is 2.32. The second-order valence-corrected chi connectivity index (χ2v) is 8.09. The van der Waals surface area contributed by atoms with Gasteiger partial charge in [-0.05, 0) is 24.1 Å². The standard InChI is InChI=1S/C20H21F2N5O5S/c21-14-5-12(27-9-13(32-20(27)31)7-23-17-8-24-33-25-17)6-15(22)18(14)11-1-3-26(4-2-11)19(30)16(29)10-28/h1,5-6,8,13,16,28-29H,2-4,7,9-10H2,(H,23,25)/t13-,16-/m0/s1. The highest BCUT2D eigenvalue weighted by molar-refractivity contribution is 6.99. The molecule has 0 aliphatic carbocycles. The monoisotopic (exact) mass is 481 g/mol. The number of cyclic esters (lactones) is 1. The van der Waals surface area contributed by atoms with Gasteiger partial charge < -0.3 is 25.2 Å². The Labute approximate surface area is 191 Å². The number of rotatable bonds is 7. The number of nitrogens with zero attached hydrogens (tertiary/aromatic N) is 4. The molecule has 13 heteroatoms. The summed E-state index contributed by atoms with van der Waals surface area (Å²) in [5.74, 6) is -1.78. The maximum Gasteiger partial charge on any atom is 0.414 e. The van der Waals surface area contributed by atoms with Crippen molar-refractivity contribution in [2.24, 2.45) is 0 Å². The van der Waals surface area contributed by atoms with Crippen LogP contribution in [0.15, 0.2) is 24.4 Å². The number of halogens is 2. The fraction of sp³-hybridized carbons (Fsp3) is 0.400.